The minimum atomic E-state index is 0.895. The molecule has 1 heteroatoms. The van der Waals surface area contributed by atoms with Crippen LogP contribution in [0.25, 0.3) is 10.9 Å². The van der Waals surface area contributed by atoms with E-state index in [0.717, 1.165) is 5.92 Å². The van der Waals surface area contributed by atoms with E-state index in [4.69, 9.17) is 0 Å². The van der Waals surface area contributed by atoms with Crippen LogP contribution in [0.3, 0.4) is 0 Å². The summed E-state index contributed by atoms with van der Waals surface area (Å²) in [5.41, 5.74) is 5.78. The molecule has 0 radical (unpaired) electrons. The Morgan fingerprint density at radius 1 is 1.38 bits per heavy atom. The fourth-order valence-corrected chi connectivity index (χ4v) is 2.95. The molecule has 0 aliphatic heterocycles. The van der Waals surface area contributed by atoms with Crippen LogP contribution in [0.4, 0.5) is 0 Å². The van der Waals surface area contributed by atoms with Crippen LogP contribution >= 0.6 is 0 Å². The van der Waals surface area contributed by atoms with Gasteiger partial charge < -0.3 is 4.98 Å². The molecule has 3 rings (SSSR count). The summed E-state index contributed by atoms with van der Waals surface area (Å²) in [5.74, 6) is 0.895. The van der Waals surface area contributed by atoms with Crippen molar-refractivity contribution < 1.29 is 0 Å². The van der Waals surface area contributed by atoms with Gasteiger partial charge in [0, 0.05) is 16.6 Å². The lowest BCUT2D eigenvalue weighted by molar-refractivity contribution is 0.444. The van der Waals surface area contributed by atoms with Crippen molar-refractivity contribution >= 4 is 10.9 Å². The lowest BCUT2D eigenvalue weighted by Gasteiger charge is -2.20. The summed E-state index contributed by atoms with van der Waals surface area (Å²) in [5, 5.41) is 1.47. The predicted molar refractivity (Wildman–Crippen MR) is 68.8 cm³/mol. The summed E-state index contributed by atoms with van der Waals surface area (Å²) in [4.78, 5) is 3.59. The summed E-state index contributed by atoms with van der Waals surface area (Å²) >= 11 is 0. The fraction of sp³-hybridized carbons (Fsp3) is 0.467. The molecule has 0 saturated carbocycles. The minimum Gasteiger partial charge on any atom is -0.358 e. The van der Waals surface area contributed by atoms with Crippen molar-refractivity contribution in [2.75, 3.05) is 0 Å². The molecule has 0 unspecified atom stereocenters. The monoisotopic (exact) mass is 213 g/mol. The van der Waals surface area contributed by atoms with Crippen LogP contribution in [-0.2, 0) is 12.8 Å². The molecule has 0 saturated heterocycles. The van der Waals surface area contributed by atoms with E-state index in [0.29, 0.717) is 0 Å². The number of fused-ring (bicyclic) bond motifs is 3. The van der Waals surface area contributed by atoms with Crippen molar-refractivity contribution in [2.45, 2.75) is 39.5 Å². The van der Waals surface area contributed by atoms with Crippen LogP contribution in [0.2, 0.25) is 0 Å². The summed E-state index contributed by atoms with van der Waals surface area (Å²) in [6.07, 6.45) is 5.18. The first kappa shape index (κ1) is 9.95. The second-order valence-electron chi connectivity index (χ2n) is 5.15. The van der Waals surface area contributed by atoms with Crippen molar-refractivity contribution in [1.82, 2.24) is 4.98 Å². The van der Waals surface area contributed by atoms with Crippen LogP contribution in [0.5, 0.6) is 0 Å². The average molecular weight is 213 g/mol. The molecular formula is C15H19N. The molecule has 1 atom stereocenters. The predicted octanol–water partition coefficient (Wildman–Crippen LogP) is 3.99. The Morgan fingerprint density at radius 2 is 2.25 bits per heavy atom. The smallest absolute Gasteiger partial charge is 0.0459 e. The van der Waals surface area contributed by atoms with Gasteiger partial charge in [0.15, 0.2) is 0 Å². The first-order valence-corrected chi connectivity index (χ1v) is 6.38. The highest BCUT2D eigenvalue weighted by molar-refractivity contribution is 5.85. The maximum atomic E-state index is 3.59. The van der Waals surface area contributed by atoms with Crippen LogP contribution in [0.15, 0.2) is 18.2 Å². The Labute approximate surface area is 96.9 Å². The van der Waals surface area contributed by atoms with Gasteiger partial charge in [-0.2, -0.15) is 0 Å². The zero-order valence-corrected chi connectivity index (χ0v) is 10.1. The highest BCUT2D eigenvalue weighted by atomic mass is 14.7. The van der Waals surface area contributed by atoms with Crippen molar-refractivity contribution in [1.29, 1.82) is 0 Å². The summed E-state index contributed by atoms with van der Waals surface area (Å²) < 4.78 is 0. The number of aromatic amines is 1. The average Bonchev–Trinajstić information content (AvgIpc) is 2.66. The Morgan fingerprint density at radius 3 is 3.06 bits per heavy atom. The van der Waals surface area contributed by atoms with Gasteiger partial charge in [0.25, 0.3) is 0 Å². The minimum absolute atomic E-state index is 0.895. The largest absolute Gasteiger partial charge is 0.358 e. The van der Waals surface area contributed by atoms with Crippen LogP contribution in [-0.4, -0.2) is 4.98 Å². The topological polar surface area (TPSA) is 15.8 Å². The third-order valence-corrected chi connectivity index (χ3v) is 4.02. The number of H-pyrrole nitrogens is 1. The quantitative estimate of drug-likeness (QED) is 0.737. The first-order chi connectivity index (χ1) is 7.78. The maximum Gasteiger partial charge on any atom is 0.0459 e. The van der Waals surface area contributed by atoms with Gasteiger partial charge in [0.2, 0.25) is 0 Å². The number of nitrogens with one attached hydrogen (secondary N) is 1. The van der Waals surface area contributed by atoms with Crippen molar-refractivity contribution in [3.63, 3.8) is 0 Å². The molecule has 0 fully saturated rings. The highest BCUT2D eigenvalue weighted by Crippen LogP contribution is 2.33. The number of benzene rings is 1. The van der Waals surface area contributed by atoms with Crippen LogP contribution in [0.1, 0.15) is 36.6 Å². The lowest BCUT2D eigenvalue weighted by atomic mass is 9.85. The number of aryl methyl sites for hydroxylation is 2. The normalized spacial score (nSPS) is 20.0. The van der Waals surface area contributed by atoms with Crippen molar-refractivity contribution in [3.05, 3.63) is 35.0 Å². The summed E-state index contributed by atoms with van der Waals surface area (Å²) in [6, 6.07) is 6.76. The standard InChI is InChI=1S/C15H19N/c1-3-11-5-7-15-13(9-11)12-8-10(2)4-6-14(12)16-15/h4,6,8,11,16H,3,5,7,9H2,1-2H3/t11-/m1/s1. The van der Waals surface area contributed by atoms with E-state index < -0.39 is 0 Å². The molecule has 1 aromatic carbocycles. The Kier molecular flexibility index (Phi) is 2.27. The van der Waals surface area contributed by atoms with E-state index >= 15 is 0 Å². The fourth-order valence-electron chi connectivity index (χ4n) is 2.95. The van der Waals surface area contributed by atoms with Gasteiger partial charge in [-0.1, -0.05) is 25.0 Å². The van der Waals surface area contributed by atoms with E-state index in [1.165, 1.54) is 47.8 Å². The maximum absolute atomic E-state index is 3.59. The summed E-state index contributed by atoms with van der Waals surface area (Å²) in [6.45, 7) is 4.49. The molecule has 1 nitrogen and oxygen atoms in total. The number of hydrogen-bond acceptors (Lipinski definition) is 0. The van der Waals surface area contributed by atoms with Crippen LogP contribution < -0.4 is 0 Å². The third kappa shape index (κ3) is 1.46. The Hall–Kier alpha value is -1.24. The molecule has 84 valence electrons. The van der Waals surface area contributed by atoms with Crippen LogP contribution in [0, 0.1) is 12.8 Å². The van der Waals surface area contributed by atoms with E-state index in [2.05, 4.69) is 37.0 Å². The molecule has 1 aromatic heterocycles. The lowest BCUT2D eigenvalue weighted by Crippen LogP contribution is -2.12. The molecule has 0 bridgehead atoms. The van der Waals surface area contributed by atoms with Gasteiger partial charge >= 0.3 is 0 Å². The number of aromatic nitrogens is 1. The second-order valence-corrected chi connectivity index (χ2v) is 5.15. The molecule has 0 spiro atoms. The molecule has 1 N–H and O–H groups in total. The molecule has 16 heavy (non-hydrogen) atoms. The van der Waals surface area contributed by atoms with Gasteiger partial charge in [-0.15, -0.1) is 0 Å². The SMILES string of the molecule is CC[C@@H]1CCc2[nH]c3ccc(C)cc3c2C1. The molecule has 0 amide bonds. The van der Waals surface area contributed by atoms with E-state index in [1.807, 2.05) is 0 Å². The van der Waals surface area contributed by atoms with E-state index in [-0.39, 0.29) is 0 Å². The second kappa shape index (κ2) is 3.65. The zero-order chi connectivity index (χ0) is 11.1. The Bertz CT molecular complexity index is 521. The third-order valence-electron chi connectivity index (χ3n) is 4.02. The molecule has 1 aliphatic carbocycles. The van der Waals surface area contributed by atoms with Gasteiger partial charge in [-0.3, -0.25) is 0 Å². The Balaban J connectivity index is 2.15. The van der Waals surface area contributed by atoms with Crippen molar-refractivity contribution in [3.8, 4) is 0 Å². The van der Waals surface area contributed by atoms with E-state index in [1.54, 1.807) is 5.56 Å². The zero-order valence-electron chi connectivity index (χ0n) is 10.1. The van der Waals surface area contributed by atoms with E-state index in [9.17, 15) is 0 Å². The number of hydrogen-bond donors (Lipinski definition) is 1. The van der Waals surface area contributed by atoms with Gasteiger partial charge in [-0.05, 0) is 49.8 Å². The van der Waals surface area contributed by atoms with Crippen molar-refractivity contribution in [2.24, 2.45) is 5.92 Å². The molecule has 1 heterocycles. The van der Waals surface area contributed by atoms with Gasteiger partial charge in [0.1, 0.15) is 0 Å². The first-order valence-electron chi connectivity index (χ1n) is 6.38. The molecular weight excluding hydrogens is 194 g/mol. The highest BCUT2D eigenvalue weighted by Gasteiger charge is 2.21. The van der Waals surface area contributed by atoms with Gasteiger partial charge in [0.05, 0.1) is 0 Å². The van der Waals surface area contributed by atoms with Gasteiger partial charge in [-0.25, -0.2) is 0 Å². The molecule has 2 aromatic rings. The molecule has 1 aliphatic rings. The summed E-state index contributed by atoms with van der Waals surface area (Å²) in [7, 11) is 0. The number of rotatable bonds is 1.